The molecule has 21 heavy (non-hydrogen) atoms. The van der Waals surface area contributed by atoms with Gasteiger partial charge in [-0.25, -0.2) is 0 Å². The summed E-state index contributed by atoms with van der Waals surface area (Å²) in [7, 11) is 0. The highest BCUT2D eigenvalue weighted by molar-refractivity contribution is 5.87. The molecule has 116 valence electrons. The number of nitrogens with one attached hydrogen (secondary N) is 1. The Bertz CT molecular complexity index is 491. The maximum Gasteiger partial charge on any atom is 0.303 e. The van der Waals surface area contributed by atoms with E-state index < -0.39 is 11.4 Å². The van der Waals surface area contributed by atoms with Gasteiger partial charge in [-0.15, -0.1) is 0 Å². The summed E-state index contributed by atoms with van der Waals surface area (Å²) < 4.78 is 0. The van der Waals surface area contributed by atoms with E-state index >= 15 is 0 Å². The van der Waals surface area contributed by atoms with Crippen LogP contribution in [-0.4, -0.2) is 23.0 Å². The van der Waals surface area contributed by atoms with Crippen molar-refractivity contribution in [2.24, 2.45) is 0 Å². The lowest BCUT2D eigenvalue weighted by atomic mass is 9.83. The zero-order valence-electron chi connectivity index (χ0n) is 13.3. The Morgan fingerprint density at radius 1 is 1.24 bits per heavy atom. The van der Waals surface area contributed by atoms with E-state index in [1.165, 1.54) is 5.56 Å². The first kappa shape index (κ1) is 17.2. The van der Waals surface area contributed by atoms with Crippen LogP contribution in [0.2, 0.25) is 0 Å². The molecule has 0 aliphatic carbocycles. The van der Waals surface area contributed by atoms with Crippen molar-refractivity contribution >= 4 is 11.9 Å². The lowest BCUT2D eigenvalue weighted by molar-refractivity contribution is -0.137. The Kier molecular flexibility index (Phi) is 5.94. The highest BCUT2D eigenvalue weighted by Gasteiger charge is 2.30. The number of rotatable bonds is 7. The molecule has 0 fully saturated rings. The van der Waals surface area contributed by atoms with Gasteiger partial charge in [0, 0.05) is 12.5 Å². The highest BCUT2D eigenvalue weighted by atomic mass is 16.4. The average molecular weight is 291 g/mol. The van der Waals surface area contributed by atoms with Crippen molar-refractivity contribution in [3.05, 3.63) is 35.4 Å². The first-order valence-corrected chi connectivity index (χ1v) is 7.39. The molecule has 2 N–H and O–H groups in total. The Hall–Kier alpha value is -1.84. The molecule has 4 nitrogen and oxygen atoms in total. The second-order valence-corrected chi connectivity index (χ2v) is 5.98. The second-order valence-electron chi connectivity index (χ2n) is 5.98. The fraction of sp³-hybridized carbons (Fsp3) is 0.529. The van der Waals surface area contributed by atoms with Gasteiger partial charge < -0.3 is 10.4 Å². The Morgan fingerprint density at radius 2 is 1.81 bits per heavy atom. The molecule has 0 spiro atoms. The number of hydrogen-bond donors (Lipinski definition) is 2. The first-order valence-electron chi connectivity index (χ1n) is 7.39. The molecule has 0 heterocycles. The van der Waals surface area contributed by atoms with Crippen LogP contribution in [0.4, 0.5) is 0 Å². The Labute approximate surface area is 126 Å². The fourth-order valence-electron chi connectivity index (χ4n) is 2.10. The average Bonchev–Trinajstić information content (AvgIpc) is 2.45. The van der Waals surface area contributed by atoms with Gasteiger partial charge in [-0.3, -0.25) is 9.59 Å². The molecule has 0 radical (unpaired) electrons. The summed E-state index contributed by atoms with van der Waals surface area (Å²) in [6, 6.07) is 7.90. The predicted octanol–water partition coefficient (Wildman–Crippen LogP) is 2.90. The molecule has 0 aliphatic heterocycles. The number of amides is 1. The van der Waals surface area contributed by atoms with Gasteiger partial charge in [0.25, 0.3) is 0 Å². The van der Waals surface area contributed by atoms with Crippen molar-refractivity contribution in [3.63, 3.8) is 0 Å². The maximum absolute atomic E-state index is 12.4. The van der Waals surface area contributed by atoms with Crippen LogP contribution in [0.3, 0.4) is 0 Å². The third-order valence-corrected chi connectivity index (χ3v) is 3.82. The lowest BCUT2D eigenvalue weighted by Crippen LogP contribution is -2.44. The van der Waals surface area contributed by atoms with Gasteiger partial charge in [0.2, 0.25) is 5.91 Å². The van der Waals surface area contributed by atoms with Crippen molar-refractivity contribution in [1.82, 2.24) is 5.32 Å². The second kappa shape index (κ2) is 7.25. The van der Waals surface area contributed by atoms with Gasteiger partial charge in [-0.2, -0.15) is 0 Å². The summed E-state index contributed by atoms with van der Waals surface area (Å²) in [5.74, 6) is -0.921. The van der Waals surface area contributed by atoms with Crippen LogP contribution < -0.4 is 5.32 Å². The molecule has 1 amide bonds. The van der Waals surface area contributed by atoms with Gasteiger partial charge in [0.1, 0.15) is 0 Å². The van der Waals surface area contributed by atoms with Crippen LogP contribution in [0.5, 0.6) is 0 Å². The molecule has 0 bridgehead atoms. The molecule has 0 saturated carbocycles. The van der Waals surface area contributed by atoms with E-state index in [-0.39, 0.29) is 18.4 Å². The molecular weight excluding hydrogens is 266 g/mol. The molecule has 0 aromatic heterocycles. The van der Waals surface area contributed by atoms with Crippen LogP contribution in [0.15, 0.2) is 24.3 Å². The summed E-state index contributed by atoms with van der Waals surface area (Å²) in [5.41, 5.74) is 1.57. The number of aryl methyl sites for hydroxylation is 1. The molecule has 0 aliphatic rings. The molecule has 0 saturated heterocycles. The van der Waals surface area contributed by atoms with E-state index in [0.29, 0.717) is 6.42 Å². The Balaban J connectivity index is 2.71. The standard InChI is InChI=1S/C17H25NO3/c1-5-13-7-9-14(10-8-13)17(3,4)16(21)18-12(2)6-11-15(19)20/h7-10,12H,5-6,11H2,1-4H3,(H,18,21)(H,19,20). The maximum atomic E-state index is 12.4. The third kappa shape index (κ3) is 4.88. The molecule has 1 aromatic rings. The van der Waals surface area contributed by atoms with Crippen LogP contribution in [-0.2, 0) is 21.4 Å². The summed E-state index contributed by atoms with van der Waals surface area (Å²) >= 11 is 0. The van der Waals surface area contributed by atoms with E-state index in [9.17, 15) is 9.59 Å². The minimum Gasteiger partial charge on any atom is -0.481 e. The summed E-state index contributed by atoms with van der Waals surface area (Å²) in [6.07, 6.45) is 1.47. The van der Waals surface area contributed by atoms with E-state index in [1.807, 2.05) is 45.0 Å². The lowest BCUT2D eigenvalue weighted by Gasteiger charge is -2.26. The summed E-state index contributed by atoms with van der Waals surface area (Å²) in [6.45, 7) is 7.69. The van der Waals surface area contributed by atoms with Crippen molar-refractivity contribution in [3.8, 4) is 0 Å². The number of carbonyl (C=O) groups is 2. The zero-order chi connectivity index (χ0) is 16.0. The Morgan fingerprint density at radius 3 is 2.29 bits per heavy atom. The number of benzene rings is 1. The number of carboxylic acid groups (broad SMARTS) is 1. The van der Waals surface area contributed by atoms with E-state index in [0.717, 1.165) is 12.0 Å². The fourth-order valence-corrected chi connectivity index (χ4v) is 2.10. The van der Waals surface area contributed by atoms with Crippen LogP contribution >= 0.6 is 0 Å². The smallest absolute Gasteiger partial charge is 0.303 e. The molecule has 1 unspecified atom stereocenters. The summed E-state index contributed by atoms with van der Waals surface area (Å²) in [4.78, 5) is 23.0. The zero-order valence-corrected chi connectivity index (χ0v) is 13.3. The minimum atomic E-state index is -0.842. The van der Waals surface area contributed by atoms with Crippen LogP contribution in [0, 0.1) is 0 Å². The summed E-state index contributed by atoms with van der Waals surface area (Å²) in [5, 5.41) is 11.6. The van der Waals surface area contributed by atoms with Gasteiger partial charge >= 0.3 is 5.97 Å². The molecule has 4 heteroatoms. The van der Waals surface area contributed by atoms with Gasteiger partial charge in [0.05, 0.1) is 5.41 Å². The topological polar surface area (TPSA) is 66.4 Å². The highest BCUT2D eigenvalue weighted by Crippen LogP contribution is 2.24. The molecule has 1 atom stereocenters. The quantitative estimate of drug-likeness (QED) is 0.811. The molecule has 1 rings (SSSR count). The van der Waals surface area contributed by atoms with Crippen molar-refractivity contribution in [2.75, 3.05) is 0 Å². The number of carboxylic acids is 1. The van der Waals surface area contributed by atoms with Gasteiger partial charge in [-0.05, 0) is 44.7 Å². The predicted molar refractivity (Wildman–Crippen MR) is 83.3 cm³/mol. The van der Waals surface area contributed by atoms with Crippen LogP contribution in [0.25, 0.3) is 0 Å². The molecule has 1 aromatic carbocycles. The first-order chi connectivity index (χ1) is 9.77. The number of aliphatic carboxylic acids is 1. The normalized spacial score (nSPS) is 12.8. The van der Waals surface area contributed by atoms with E-state index in [4.69, 9.17) is 5.11 Å². The van der Waals surface area contributed by atoms with Crippen LogP contribution in [0.1, 0.15) is 51.7 Å². The van der Waals surface area contributed by atoms with Crippen molar-refractivity contribution in [1.29, 1.82) is 0 Å². The number of hydrogen-bond acceptors (Lipinski definition) is 2. The van der Waals surface area contributed by atoms with Crippen molar-refractivity contribution in [2.45, 2.75) is 58.4 Å². The number of carbonyl (C=O) groups excluding carboxylic acids is 1. The van der Waals surface area contributed by atoms with E-state index in [1.54, 1.807) is 0 Å². The van der Waals surface area contributed by atoms with Gasteiger partial charge in [0.15, 0.2) is 0 Å². The SMILES string of the molecule is CCc1ccc(C(C)(C)C(=O)NC(C)CCC(=O)O)cc1. The van der Waals surface area contributed by atoms with E-state index in [2.05, 4.69) is 12.2 Å². The largest absolute Gasteiger partial charge is 0.481 e. The minimum absolute atomic E-state index is 0.0626. The van der Waals surface area contributed by atoms with Crippen molar-refractivity contribution < 1.29 is 14.7 Å². The molecular formula is C17H25NO3. The monoisotopic (exact) mass is 291 g/mol. The third-order valence-electron chi connectivity index (χ3n) is 3.82. The van der Waals surface area contributed by atoms with Gasteiger partial charge in [-0.1, -0.05) is 31.2 Å².